The van der Waals surface area contributed by atoms with Gasteiger partial charge in [0.05, 0.1) is 0 Å². The minimum Gasteiger partial charge on any atom is -0.369 e. The van der Waals surface area contributed by atoms with Gasteiger partial charge in [-0.05, 0) is 30.9 Å². The molecule has 0 aromatic heterocycles. The van der Waals surface area contributed by atoms with Gasteiger partial charge in [-0.3, -0.25) is 25.3 Å². The van der Waals surface area contributed by atoms with E-state index in [9.17, 15) is 9.59 Å². The van der Waals surface area contributed by atoms with E-state index < -0.39 is 0 Å². The Morgan fingerprint density at radius 3 is 2.27 bits per heavy atom. The van der Waals surface area contributed by atoms with Crippen molar-refractivity contribution in [2.24, 2.45) is 5.92 Å². The summed E-state index contributed by atoms with van der Waals surface area (Å²) in [6.07, 6.45) is 5.66. The molecule has 2 amide bonds. The SMILES string of the molecule is O=C(CCN1CCN(c2ccccc2)CC1)NNC(=O)CC1CCCC1. The number of para-hydroxylation sites is 1. The summed E-state index contributed by atoms with van der Waals surface area (Å²) in [7, 11) is 0. The molecule has 26 heavy (non-hydrogen) atoms. The maximum absolute atomic E-state index is 12.0. The smallest absolute Gasteiger partial charge is 0.239 e. The standard InChI is InChI=1S/C20H30N4O2/c25-19(21-22-20(26)16-17-6-4-5-7-17)10-11-23-12-14-24(15-13-23)18-8-2-1-3-9-18/h1-3,8-9,17H,4-7,10-16H2,(H,21,25)(H,22,26). The Morgan fingerprint density at radius 2 is 1.58 bits per heavy atom. The Balaban J connectivity index is 1.28. The molecule has 1 aliphatic carbocycles. The van der Waals surface area contributed by atoms with Crippen LogP contribution in [0.25, 0.3) is 0 Å². The van der Waals surface area contributed by atoms with E-state index >= 15 is 0 Å². The van der Waals surface area contributed by atoms with Crippen LogP contribution in [0.3, 0.4) is 0 Å². The monoisotopic (exact) mass is 358 g/mol. The molecule has 3 rings (SSSR count). The Bertz CT molecular complexity index is 579. The molecule has 1 aliphatic heterocycles. The lowest BCUT2D eigenvalue weighted by Gasteiger charge is -2.36. The van der Waals surface area contributed by atoms with Gasteiger partial charge in [-0.1, -0.05) is 31.0 Å². The van der Waals surface area contributed by atoms with Crippen LogP contribution in [0.2, 0.25) is 0 Å². The molecular weight excluding hydrogens is 328 g/mol. The normalized spacial score (nSPS) is 18.7. The molecule has 1 saturated heterocycles. The third kappa shape index (κ3) is 5.73. The van der Waals surface area contributed by atoms with Crippen LogP contribution in [0.15, 0.2) is 30.3 Å². The second kappa shape index (κ2) is 9.57. The molecule has 0 bridgehead atoms. The Hall–Kier alpha value is -2.08. The molecule has 0 unspecified atom stereocenters. The highest BCUT2D eigenvalue weighted by molar-refractivity contribution is 5.82. The number of hydrogen-bond acceptors (Lipinski definition) is 4. The number of hydrazine groups is 1. The zero-order valence-corrected chi connectivity index (χ0v) is 15.5. The summed E-state index contributed by atoms with van der Waals surface area (Å²) in [6, 6.07) is 10.4. The summed E-state index contributed by atoms with van der Waals surface area (Å²) in [5.41, 5.74) is 6.37. The Kier molecular flexibility index (Phi) is 6.89. The molecular formula is C20H30N4O2. The van der Waals surface area contributed by atoms with Gasteiger partial charge in [-0.25, -0.2) is 0 Å². The fourth-order valence-corrected chi connectivity index (χ4v) is 3.86. The van der Waals surface area contributed by atoms with Crippen LogP contribution < -0.4 is 15.8 Å². The van der Waals surface area contributed by atoms with Gasteiger partial charge in [-0.15, -0.1) is 0 Å². The van der Waals surface area contributed by atoms with Crippen LogP contribution in [-0.2, 0) is 9.59 Å². The van der Waals surface area contributed by atoms with Crippen LogP contribution in [0.4, 0.5) is 5.69 Å². The molecule has 6 nitrogen and oxygen atoms in total. The highest BCUT2D eigenvalue weighted by Crippen LogP contribution is 2.27. The third-order valence-corrected chi connectivity index (χ3v) is 5.44. The summed E-state index contributed by atoms with van der Waals surface area (Å²) < 4.78 is 0. The van der Waals surface area contributed by atoms with Crippen molar-refractivity contribution < 1.29 is 9.59 Å². The second-order valence-corrected chi connectivity index (χ2v) is 7.37. The molecule has 2 aliphatic rings. The molecule has 0 radical (unpaired) electrons. The van der Waals surface area contributed by atoms with Crippen LogP contribution >= 0.6 is 0 Å². The number of anilines is 1. The molecule has 0 atom stereocenters. The highest BCUT2D eigenvalue weighted by Gasteiger charge is 2.19. The quantitative estimate of drug-likeness (QED) is 0.763. The zero-order chi connectivity index (χ0) is 18.2. The first-order valence-corrected chi connectivity index (χ1v) is 9.81. The van der Waals surface area contributed by atoms with Gasteiger partial charge in [0.2, 0.25) is 11.8 Å². The number of carbonyl (C=O) groups excluding carboxylic acids is 2. The minimum absolute atomic E-state index is 0.0678. The first-order chi connectivity index (χ1) is 12.7. The number of rotatable bonds is 6. The van der Waals surface area contributed by atoms with E-state index in [1.54, 1.807) is 0 Å². The van der Waals surface area contributed by atoms with Crippen molar-refractivity contribution in [3.8, 4) is 0 Å². The lowest BCUT2D eigenvalue weighted by Crippen LogP contribution is -2.48. The van der Waals surface area contributed by atoms with E-state index in [-0.39, 0.29) is 11.8 Å². The molecule has 1 aromatic carbocycles. The average Bonchev–Trinajstić information content (AvgIpc) is 3.19. The van der Waals surface area contributed by atoms with Crippen molar-refractivity contribution >= 4 is 17.5 Å². The molecule has 1 heterocycles. The van der Waals surface area contributed by atoms with E-state index in [1.165, 1.54) is 18.5 Å². The van der Waals surface area contributed by atoms with Crippen LogP contribution in [0, 0.1) is 5.92 Å². The van der Waals surface area contributed by atoms with E-state index in [0.29, 0.717) is 18.8 Å². The molecule has 2 fully saturated rings. The second-order valence-electron chi connectivity index (χ2n) is 7.37. The van der Waals surface area contributed by atoms with Crippen molar-refractivity contribution in [3.63, 3.8) is 0 Å². The van der Waals surface area contributed by atoms with Gasteiger partial charge < -0.3 is 4.90 Å². The van der Waals surface area contributed by atoms with Crippen LogP contribution in [0.1, 0.15) is 38.5 Å². The van der Waals surface area contributed by atoms with E-state index in [0.717, 1.165) is 45.6 Å². The van der Waals surface area contributed by atoms with Crippen LogP contribution in [0.5, 0.6) is 0 Å². The van der Waals surface area contributed by atoms with Crippen LogP contribution in [-0.4, -0.2) is 49.4 Å². The molecule has 2 N–H and O–H groups in total. The number of hydrogen-bond donors (Lipinski definition) is 2. The number of nitrogens with one attached hydrogen (secondary N) is 2. The van der Waals surface area contributed by atoms with Gasteiger partial charge in [0.15, 0.2) is 0 Å². The first-order valence-electron chi connectivity index (χ1n) is 9.81. The maximum Gasteiger partial charge on any atom is 0.239 e. The molecule has 1 aromatic rings. The maximum atomic E-state index is 12.0. The third-order valence-electron chi connectivity index (χ3n) is 5.44. The summed E-state index contributed by atoms with van der Waals surface area (Å²) in [6.45, 7) is 4.59. The van der Waals surface area contributed by atoms with E-state index in [2.05, 4.69) is 44.9 Å². The Morgan fingerprint density at radius 1 is 0.923 bits per heavy atom. The number of nitrogens with zero attached hydrogens (tertiary/aromatic N) is 2. The van der Waals surface area contributed by atoms with Gasteiger partial charge >= 0.3 is 0 Å². The first kappa shape index (κ1) is 18.7. The lowest BCUT2D eigenvalue weighted by molar-refractivity contribution is -0.129. The van der Waals surface area contributed by atoms with Crippen molar-refractivity contribution in [3.05, 3.63) is 30.3 Å². The minimum atomic E-state index is -0.115. The van der Waals surface area contributed by atoms with E-state index in [1.807, 2.05) is 6.07 Å². The number of carbonyl (C=O) groups is 2. The predicted octanol–water partition coefficient (Wildman–Crippen LogP) is 1.93. The van der Waals surface area contributed by atoms with Gasteiger partial charge in [0.1, 0.15) is 0 Å². The highest BCUT2D eigenvalue weighted by atomic mass is 16.2. The molecule has 142 valence electrons. The molecule has 1 saturated carbocycles. The molecule has 6 heteroatoms. The summed E-state index contributed by atoms with van der Waals surface area (Å²) in [5, 5.41) is 0. The van der Waals surface area contributed by atoms with Gasteiger partial charge in [-0.2, -0.15) is 0 Å². The lowest BCUT2D eigenvalue weighted by atomic mass is 10.0. The van der Waals surface area contributed by atoms with Gasteiger partial charge in [0, 0.05) is 51.3 Å². The van der Waals surface area contributed by atoms with Gasteiger partial charge in [0.25, 0.3) is 0 Å². The predicted molar refractivity (Wildman–Crippen MR) is 103 cm³/mol. The molecule has 0 spiro atoms. The number of piperazine rings is 1. The summed E-state index contributed by atoms with van der Waals surface area (Å²) in [5.74, 6) is 0.310. The topological polar surface area (TPSA) is 64.7 Å². The summed E-state index contributed by atoms with van der Waals surface area (Å²) in [4.78, 5) is 28.5. The fraction of sp³-hybridized carbons (Fsp3) is 0.600. The zero-order valence-electron chi connectivity index (χ0n) is 15.5. The fourth-order valence-electron chi connectivity index (χ4n) is 3.86. The average molecular weight is 358 g/mol. The largest absolute Gasteiger partial charge is 0.369 e. The summed E-state index contributed by atoms with van der Waals surface area (Å²) >= 11 is 0. The van der Waals surface area contributed by atoms with Crippen molar-refractivity contribution in [1.82, 2.24) is 15.8 Å². The van der Waals surface area contributed by atoms with Crippen molar-refractivity contribution in [1.29, 1.82) is 0 Å². The van der Waals surface area contributed by atoms with E-state index in [4.69, 9.17) is 0 Å². The van der Waals surface area contributed by atoms with Crippen molar-refractivity contribution in [2.75, 3.05) is 37.6 Å². The number of benzene rings is 1. The number of amides is 2. The Labute approximate surface area is 155 Å². The van der Waals surface area contributed by atoms with Crippen molar-refractivity contribution in [2.45, 2.75) is 38.5 Å².